The number of pyridine rings is 1. The second-order valence-electron chi connectivity index (χ2n) is 5.09. The van der Waals surface area contributed by atoms with Gasteiger partial charge in [-0.05, 0) is 42.5 Å². The van der Waals surface area contributed by atoms with Crippen molar-refractivity contribution < 1.29 is 19.4 Å². The molecule has 6 heteroatoms. The second kappa shape index (κ2) is 6.37. The number of halogens is 1. The number of aromatic nitrogens is 1. The first-order valence-electron chi connectivity index (χ1n) is 7.09. The molecule has 0 fully saturated rings. The van der Waals surface area contributed by atoms with Crippen LogP contribution in [0.5, 0.6) is 11.5 Å². The Labute approximate surface area is 143 Å². The molecule has 1 aromatic heterocycles. The van der Waals surface area contributed by atoms with Crippen molar-refractivity contribution in [1.82, 2.24) is 4.98 Å². The number of carbonyl (C=O) groups is 1. The van der Waals surface area contributed by atoms with Gasteiger partial charge in [-0.3, -0.25) is 0 Å². The molecule has 122 valence electrons. The summed E-state index contributed by atoms with van der Waals surface area (Å²) >= 11 is 6.07. The van der Waals surface area contributed by atoms with Crippen LogP contribution in [-0.4, -0.2) is 30.3 Å². The highest BCUT2D eigenvalue weighted by Gasteiger charge is 2.16. The first-order valence-corrected chi connectivity index (χ1v) is 7.47. The fourth-order valence-electron chi connectivity index (χ4n) is 2.53. The van der Waals surface area contributed by atoms with Gasteiger partial charge in [-0.1, -0.05) is 11.6 Å². The number of methoxy groups -OCH3 is 2. The molecule has 0 aliphatic rings. The molecule has 1 N–H and O–H groups in total. The molecular weight excluding hydrogens is 330 g/mol. The summed E-state index contributed by atoms with van der Waals surface area (Å²) in [7, 11) is 3.07. The summed E-state index contributed by atoms with van der Waals surface area (Å²) in [5.41, 5.74) is 1.79. The Bertz CT molecular complexity index is 940. The van der Waals surface area contributed by atoms with Crippen LogP contribution in [0.15, 0.2) is 42.5 Å². The molecule has 3 aromatic rings. The van der Waals surface area contributed by atoms with Gasteiger partial charge in [0.2, 0.25) is 0 Å². The maximum atomic E-state index is 11.7. The number of carboxylic acids is 1. The highest BCUT2D eigenvalue weighted by molar-refractivity contribution is 6.31. The Balaban J connectivity index is 2.31. The van der Waals surface area contributed by atoms with E-state index in [9.17, 15) is 9.90 Å². The van der Waals surface area contributed by atoms with Crippen LogP contribution in [0.4, 0.5) is 0 Å². The van der Waals surface area contributed by atoms with E-state index in [4.69, 9.17) is 21.1 Å². The Kier molecular flexibility index (Phi) is 4.27. The molecule has 0 spiro atoms. The highest BCUT2D eigenvalue weighted by Crippen LogP contribution is 2.34. The third-order valence-electron chi connectivity index (χ3n) is 3.68. The summed E-state index contributed by atoms with van der Waals surface area (Å²) in [6.07, 6.45) is 0. The number of nitrogens with zero attached hydrogens (tertiary/aromatic N) is 1. The smallest absolute Gasteiger partial charge is 0.336 e. The SMILES string of the molecule is COc1ccc2nc(-c3cc(Cl)ccc3OC)cc(C(=O)O)c2c1. The van der Waals surface area contributed by atoms with E-state index in [-0.39, 0.29) is 5.56 Å². The summed E-state index contributed by atoms with van der Waals surface area (Å²) in [6, 6.07) is 11.7. The predicted molar refractivity (Wildman–Crippen MR) is 92.3 cm³/mol. The zero-order valence-corrected chi connectivity index (χ0v) is 13.8. The van der Waals surface area contributed by atoms with Crippen molar-refractivity contribution in [3.63, 3.8) is 0 Å². The lowest BCUT2D eigenvalue weighted by molar-refractivity contribution is 0.0699. The number of hydrogen-bond donors (Lipinski definition) is 1. The van der Waals surface area contributed by atoms with E-state index in [0.717, 1.165) is 0 Å². The molecule has 0 aliphatic carbocycles. The molecule has 24 heavy (non-hydrogen) atoms. The van der Waals surface area contributed by atoms with Crippen LogP contribution < -0.4 is 9.47 Å². The molecule has 0 aliphatic heterocycles. The third kappa shape index (κ3) is 2.86. The average Bonchev–Trinajstić information content (AvgIpc) is 2.60. The highest BCUT2D eigenvalue weighted by atomic mass is 35.5. The Hall–Kier alpha value is -2.79. The van der Waals surface area contributed by atoms with E-state index in [1.165, 1.54) is 20.3 Å². The minimum Gasteiger partial charge on any atom is -0.497 e. The lowest BCUT2D eigenvalue weighted by Gasteiger charge is -2.11. The van der Waals surface area contributed by atoms with Gasteiger partial charge >= 0.3 is 5.97 Å². The number of fused-ring (bicyclic) bond motifs is 1. The van der Waals surface area contributed by atoms with E-state index in [0.29, 0.717) is 38.7 Å². The number of aromatic carboxylic acids is 1. The fraction of sp³-hybridized carbons (Fsp3) is 0.111. The topological polar surface area (TPSA) is 68.7 Å². The zero-order valence-electron chi connectivity index (χ0n) is 13.0. The first kappa shape index (κ1) is 16.1. The molecule has 0 atom stereocenters. The van der Waals surface area contributed by atoms with Gasteiger partial charge in [-0.2, -0.15) is 0 Å². The van der Waals surface area contributed by atoms with Gasteiger partial charge in [0.05, 0.1) is 31.0 Å². The van der Waals surface area contributed by atoms with Crippen LogP contribution in [0.1, 0.15) is 10.4 Å². The normalized spacial score (nSPS) is 10.6. The monoisotopic (exact) mass is 343 g/mol. The minimum atomic E-state index is -1.04. The maximum absolute atomic E-state index is 11.7. The van der Waals surface area contributed by atoms with E-state index in [2.05, 4.69) is 4.98 Å². The van der Waals surface area contributed by atoms with Crippen molar-refractivity contribution in [3.8, 4) is 22.8 Å². The average molecular weight is 344 g/mol. The van der Waals surface area contributed by atoms with Crippen LogP contribution in [0.2, 0.25) is 5.02 Å². The van der Waals surface area contributed by atoms with Crippen LogP contribution in [-0.2, 0) is 0 Å². The number of carboxylic acid groups (broad SMARTS) is 1. The summed E-state index contributed by atoms with van der Waals surface area (Å²) < 4.78 is 10.5. The van der Waals surface area contributed by atoms with Gasteiger partial charge in [0.1, 0.15) is 11.5 Å². The van der Waals surface area contributed by atoms with Crippen molar-refractivity contribution in [1.29, 1.82) is 0 Å². The van der Waals surface area contributed by atoms with Crippen LogP contribution in [0, 0.1) is 0 Å². The van der Waals surface area contributed by atoms with Gasteiger partial charge < -0.3 is 14.6 Å². The first-order chi connectivity index (χ1) is 11.5. The molecule has 3 rings (SSSR count). The summed E-state index contributed by atoms with van der Waals surface area (Å²) in [5, 5.41) is 10.6. The summed E-state index contributed by atoms with van der Waals surface area (Å²) in [4.78, 5) is 16.2. The van der Waals surface area contributed by atoms with E-state index < -0.39 is 5.97 Å². The van der Waals surface area contributed by atoms with Crippen molar-refractivity contribution in [2.75, 3.05) is 14.2 Å². The lowest BCUT2D eigenvalue weighted by atomic mass is 10.0. The molecule has 5 nitrogen and oxygen atoms in total. The van der Waals surface area contributed by atoms with Gasteiger partial charge in [-0.25, -0.2) is 9.78 Å². The number of ether oxygens (including phenoxy) is 2. The van der Waals surface area contributed by atoms with Crippen LogP contribution >= 0.6 is 11.6 Å². The molecule has 0 saturated heterocycles. The van der Waals surface area contributed by atoms with E-state index in [1.807, 2.05) is 0 Å². The Morgan fingerprint density at radius 3 is 2.54 bits per heavy atom. The molecule has 0 radical (unpaired) electrons. The summed E-state index contributed by atoms with van der Waals surface area (Å²) in [6.45, 7) is 0. The molecule has 0 bridgehead atoms. The number of rotatable bonds is 4. The van der Waals surface area contributed by atoms with E-state index >= 15 is 0 Å². The lowest BCUT2D eigenvalue weighted by Crippen LogP contribution is -2.01. The van der Waals surface area contributed by atoms with Crippen molar-refractivity contribution in [3.05, 3.63) is 53.1 Å². The predicted octanol–water partition coefficient (Wildman–Crippen LogP) is 4.27. The Morgan fingerprint density at radius 1 is 1.08 bits per heavy atom. The molecular formula is C18H14ClNO4. The van der Waals surface area contributed by atoms with Crippen LogP contribution in [0.3, 0.4) is 0 Å². The number of hydrogen-bond acceptors (Lipinski definition) is 4. The van der Waals surface area contributed by atoms with Gasteiger partial charge in [-0.15, -0.1) is 0 Å². The second-order valence-corrected chi connectivity index (χ2v) is 5.52. The van der Waals surface area contributed by atoms with Crippen molar-refractivity contribution in [2.24, 2.45) is 0 Å². The van der Waals surface area contributed by atoms with E-state index in [1.54, 1.807) is 36.4 Å². The zero-order chi connectivity index (χ0) is 17.3. The largest absolute Gasteiger partial charge is 0.497 e. The van der Waals surface area contributed by atoms with Crippen LogP contribution in [0.25, 0.3) is 22.2 Å². The molecule has 1 heterocycles. The number of benzene rings is 2. The molecule has 0 amide bonds. The van der Waals surface area contributed by atoms with Crippen molar-refractivity contribution >= 4 is 28.5 Å². The van der Waals surface area contributed by atoms with Gasteiger partial charge in [0, 0.05) is 16.0 Å². The fourth-order valence-corrected chi connectivity index (χ4v) is 2.70. The standard InChI is InChI=1S/C18H14ClNO4/c1-23-11-4-5-15-12(8-11)13(18(21)22)9-16(20-15)14-7-10(19)3-6-17(14)24-2/h3-9H,1-2H3,(H,21,22). The maximum Gasteiger partial charge on any atom is 0.336 e. The molecule has 2 aromatic carbocycles. The quantitative estimate of drug-likeness (QED) is 0.766. The summed E-state index contributed by atoms with van der Waals surface area (Å²) in [5.74, 6) is 0.0916. The minimum absolute atomic E-state index is 0.135. The van der Waals surface area contributed by atoms with Gasteiger partial charge in [0.15, 0.2) is 0 Å². The Morgan fingerprint density at radius 2 is 1.88 bits per heavy atom. The molecule has 0 unspecified atom stereocenters. The third-order valence-corrected chi connectivity index (χ3v) is 3.92. The van der Waals surface area contributed by atoms with Crippen molar-refractivity contribution in [2.45, 2.75) is 0 Å². The molecule has 0 saturated carbocycles. The van der Waals surface area contributed by atoms with Gasteiger partial charge in [0.25, 0.3) is 0 Å².